The summed E-state index contributed by atoms with van der Waals surface area (Å²) in [6, 6.07) is 17.5. The second kappa shape index (κ2) is 7.63. The number of rotatable bonds is 6. The van der Waals surface area contributed by atoms with E-state index in [1.165, 1.54) is 12.1 Å². The van der Waals surface area contributed by atoms with Gasteiger partial charge in [0.2, 0.25) is 0 Å². The van der Waals surface area contributed by atoms with E-state index in [9.17, 15) is 10.1 Å². The van der Waals surface area contributed by atoms with Crippen molar-refractivity contribution in [3.8, 4) is 5.69 Å². The van der Waals surface area contributed by atoms with E-state index in [2.05, 4.69) is 5.16 Å². The van der Waals surface area contributed by atoms with E-state index in [0.717, 1.165) is 11.4 Å². The van der Waals surface area contributed by atoms with Crippen LogP contribution < -0.4 is 0 Å². The Morgan fingerprint density at radius 2 is 1.96 bits per heavy atom. The SMILES string of the molecule is O=[N+]([O-])c1cccc(CO/N=C\c2cccn2-c2ccc(Cl)cc2)c1. The molecule has 0 bridgehead atoms. The van der Waals surface area contributed by atoms with Gasteiger partial charge in [0.1, 0.15) is 6.61 Å². The van der Waals surface area contributed by atoms with Crippen LogP contribution in [0.25, 0.3) is 5.69 Å². The van der Waals surface area contributed by atoms with Gasteiger partial charge in [-0.1, -0.05) is 28.9 Å². The highest BCUT2D eigenvalue weighted by Crippen LogP contribution is 2.16. The molecule has 6 nitrogen and oxygen atoms in total. The molecular weight excluding hydrogens is 342 g/mol. The fourth-order valence-corrected chi connectivity index (χ4v) is 2.42. The van der Waals surface area contributed by atoms with Gasteiger partial charge < -0.3 is 9.40 Å². The van der Waals surface area contributed by atoms with E-state index >= 15 is 0 Å². The fraction of sp³-hybridized carbons (Fsp3) is 0.0556. The number of hydrogen-bond acceptors (Lipinski definition) is 4. The average Bonchev–Trinajstić information content (AvgIpc) is 3.08. The number of nitro benzene ring substituents is 1. The lowest BCUT2D eigenvalue weighted by atomic mass is 10.2. The van der Waals surface area contributed by atoms with Crippen molar-refractivity contribution in [3.05, 3.63) is 93.3 Å². The molecule has 0 unspecified atom stereocenters. The third kappa shape index (κ3) is 4.24. The number of oxime groups is 1. The Hall–Kier alpha value is -3.12. The van der Waals surface area contributed by atoms with E-state index in [4.69, 9.17) is 16.4 Å². The van der Waals surface area contributed by atoms with Crippen LogP contribution in [0.4, 0.5) is 5.69 Å². The number of benzene rings is 2. The standard InChI is InChI=1S/C18H14ClN3O3/c19-15-6-8-16(9-7-15)21-10-2-5-18(21)12-20-25-13-14-3-1-4-17(11-14)22(23)24/h1-12H,13H2/b20-12-. The van der Waals surface area contributed by atoms with Gasteiger partial charge in [-0.3, -0.25) is 10.1 Å². The molecule has 3 aromatic rings. The van der Waals surface area contributed by atoms with Crippen LogP contribution in [0.2, 0.25) is 5.02 Å². The van der Waals surface area contributed by atoms with Gasteiger partial charge in [0, 0.05) is 29.0 Å². The van der Waals surface area contributed by atoms with Gasteiger partial charge in [-0.05, 0) is 42.0 Å². The van der Waals surface area contributed by atoms with Gasteiger partial charge in [-0.25, -0.2) is 0 Å². The second-order valence-electron chi connectivity index (χ2n) is 5.21. The molecule has 7 heteroatoms. The third-order valence-corrected chi connectivity index (χ3v) is 3.75. The molecule has 3 rings (SSSR count). The second-order valence-corrected chi connectivity index (χ2v) is 5.65. The summed E-state index contributed by atoms with van der Waals surface area (Å²) in [5.74, 6) is 0. The summed E-state index contributed by atoms with van der Waals surface area (Å²) in [6.45, 7) is 0.153. The maximum atomic E-state index is 10.8. The van der Waals surface area contributed by atoms with E-state index in [-0.39, 0.29) is 12.3 Å². The van der Waals surface area contributed by atoms with Gasteiger partial charge in [0.25, 0.3) is 5.69 Å². The first-order chi connectivity index (χ1) is 12.1. The predicted molar refractivity (Wildman–Crippen MR) is 96.3 cm³/mol. The zero-order valence-electron chi connectivity index (χ0n) is 13.1. The molecule has 0 amide bonds. The van der Waals surface area contributed by atoms with Gasteiger partial charge in [0.15, 0.2) is 0 Å². The lowest BCUT2D eigenvalue weighted by Gasteiger charge is -2.06. The highest BCUT2D eigenvalue weighted by atomic mass is 35.5. The topological polar surface area (TPSA) is 69.7 Å². The van der Waals surface area contributed by atoms with Crippen molar-refractivity contribution in [3.63, 3.8) is 0 Å². The van der Waals surface area contributed by atoms with Crippen LogP contribution in [0, 0.1) is 10.1 Å². The van der Waals surface area contributed by atoms with Crippen LogP contribution in [0.3, 0.4) is 0 Å². The fourth-order valence-electron chi connectivity index (χ4n) is 2.30. The number of nitro groups is 1. The predicted octanol–water partition coefficient (Wildman–Crippen LogP) is 4.59. The van der Waals surface area contributed by atoms with Crippen LogP contribution >= 0.6 is 11.6 Å². The number of aromatic nitrogens is 1. The minimum Gasteiger partial charge on any atom is -0.391 e. The van der Waals surface area contributed by atoms with Crippen LogP contribution in [0.15, 0.2) is 72.0 Å². The highest BCUT2D eigenvalue weighted by Gasteiger charge is 2.05. The molecule has 0 N–H and O–H groups in total. The molecule has 0 radical (unpaired) electrons. The Kier molecular flexibility index (Phi) is 5.11. The monoisotopic (exact) mass is 355 g/mol. The summed E-state index contributed by atoms with van der Waals surface area (Å²) < 4.78 is 1.94. The van der Waals surface area contributed by atoms with Crippen molar-refractivity contribution in [2.45, 2.75) is 6.61 Å². The first-order valence-electron chi connectivity index (χ1n) is 7.45. The summed E-state index contributed by atoms with van der Waals surface area (Å²) >= 11 is 5.91. The maximum absolute atomic E-state index is 10.8. The Bertz CT molecular complexity index is 904. The molecular formula is C18H14ClN3O3. The minimum absolute atomic E-state index is 0.0293. The maximum Gasteiger partial charge on any atom is 0.269 e. The van der Waals surface area contributed by atoms with Crippen molar-refractivity contribution < 1.29 is 9.76 Å². The van der Waals surface area contributed by atoms with Crippen LogP contribution in [-0.4, -0.2) is 15.7 Å². The quantitative estimate of drug-likeness (QED) is 0.369. The Labute approximate surface area is 149 Å². The summed E-state index contributed by atoms with van der Waals surface area (Å²) in [6.07, 6.45) is 3.50. The Morgan fingerprint density at radius 3 is 2.72 bits per heavy atom. The molecule has 0 atom stereocenters. The van der Waals surface area contributed by atoms with Crippen molar-refractivity contribution >= 4 is 23.5 Å². The van der Waals surface area contributed by atoms with E-state index in [1.807, 2.05) is 47.2 Å². The van der Waals surface area contributed by atoms with Crippen molar-refractivity contribution in [2.24, 2.45) is 5.16 Å². The zero-order chi connectivity index (χ0) is 17.6. The molecule has 0 aliphatic carbocycles. The van der Waals surface area contributed by atoms with Gasteiger partial charge in [0.05, 0.1) is 16.8 Å². The zero-order valence-corrected chi connectivity index (χ0v) is 13.8. The number of halogens is 1. The summed E-state index contributed by atoms with van der Waals surface area (Å²) in [7, 11) is 0. The molecule has 0 spiro atoms. The minimum atomic E-state index is -0.439. The lowest BCUT2D eigenvalue weighted by Crippen LogP contribution is -1.98. The van der Waals surface area contributed by atoms with Crippen molar-refractivity contribution in [1.82, 2.24) is 4.57 Å². The van der Waals surface area contributed by atoms with Gasteiger partial charge in [-0.15, -0.1) is 0 Å². The van der Waals surface area contributed by atoms with E-state index in [0.29, 0.717) is 10.6 Å². The molecule has 0 saturated heterocycles. The number of hydrogen-bond donors (Lipinski definition) is 0. The summed E-state index contributed by atoms with van der Waals surface area (Å²) in [5.41, 5.74) is 2.50. The molecule has 0 aliphatic rings. The van der Waals surface area contributed by atoms with E-state index < -0.39 is 4.92 Å². The largest absolute Gasteiger partial charge is 0.391 e. The highest BCUT2D eigenvalue weighted by molar-refractivity contribution is 6.30. The molecule has 25 heavy (non-hydrogen) atoms. The van der Waals surface area contributed by atoms with Crippen LogP contribution in [0.1, 0.15) is 11.3 Å². The first kappa shape index (κ1) is 16.7. The normalized spacial score (nSPS) is 10.9. The Balaban J connectivity index is 1.66. The Morgan fingerprint density at radius 1 is 1.16 bits per heavy atom. The number of nitrogens with zero attached hydrogens (tertiary/aromatic N) is 3. The molecule has 0 saturated carbocycles. The third-order valence-electron chi connectivity index (χ3n) is 3.50. The summed E-state index contributed by atoms with van der Waals surface area (Å²) in [4.78, 5) is 15.6. The lowest BCUT2D eigenvalue weighted by molar-refractivity contribution is -0.384. The average molecular weight is 356 g/mol. The molecule has 1 heterocycles. The molecule has 1 aromatic heterocycles. The molecule has 126 valence electrons. The van der Waals surface area contributed by atoms with Gasteiger partial charge >= 0.3 is 0 Å². The van der Waals surface area contributed by atoms with Gasteiger partial charge in [-0.2, -0.15) is 0 Å². The van der Waals surface area contributed by atoms with Crippen LogP contribution in [0.5, 0.6) is 0 Å². The van der Waals surface area contributed by atoms with E-state index in [1.54, 1.807) is 18.3 Å². The first-order valence-corrected chi connectivity index (χ1v) is 7.83. The number of non-ortho nitro benzene ring substituents is 1. The van der Waals surface area contributed by atoms with Crippen molar-refractivity contribution in [1.29, 1.82) is 0 Å². The summed E-state index contributed by atoms with van der Waals surface area (Å²) in [5, 5.41) is 15.4. The van der Waals surface area contributed by atoms with Crippen LogP contribution in [-0.2, 0) is 11.4 Å². The molecule has 0 aliphatic heterocycles. The van der Waals surface area contributed by atoms with Crippen molar-refractivity contribution in [2.75, 3.05) is 0 Å². The molecule has 2 aromatic carbocycles. The molecule has 0 fully saturated rings. The smallest absolute Gasteiger partial charge is 0.269 e.